The van der Waals surface area contributed by atoms with Crippen molar-refractivity contribution in [3.05, 3.63) is 36.4 Å². The van der Waals surface area contributed by atoms with Crippen LogP contribution in [0, 0.1) is 0 Å². The Kier molecular flexibility index (Phi) is 5.94. The third kappa shape index (κ3) is 4.98. The average Bonchev–Trinajstić information content (AvgIpc) is 2.42. The third-order valence-electron chi connectivity index (χ3n) is 3.96. The molecule has 0 N–H and O–H groups in total. The number of hydrogen-bond acceptors (Lipinski definition) is 4. The van der Waals surface area contributed by atoms with Crippen molar-refractivity contribution in [1.82, 2.24) is 4.90 Å². The second-order valence-electron chi connectivity index (χ2n) is 7.01. The molecule has 0 aliphatic rings. The molecule has 4 nitrogen and oxygen atoms in total. The number of nitrogens with zero attached hydrogens (tertiary/aromatic N) is 1. The molecule has 5 heteroatoms. The highest BCUT2D eigenvalue weighted by Crippen LogP contribution is 2.38. The maximum absolute atomic E-state index is 6.31. The Morgan fingerprint density at radius 2 is 1.55 bits per heavy atom. The monoisotopic (exact) mass is 323 g/mol. The summed E-state index contributed by atoms with van der Waals surface area (Å²) < 4.78 is 17.2. The lowest BCUT2D eigenvalue weighted by atomic mass is 10.2. The van der Waals surface area contributed by atoms with Crippen LogP contribution in [0.4, 0.5) is 0 Å². The van der Waals surface area contributed by atoms with Crippen LogP contribution in [0.1, 0.15) is 20.8 Å². The highest BCUT2D eigenvalue weighted by Gasteiger charge is 2.39. The molecule has 0 aliphatic carbocycles. The Labute approximate surface area is 135 Å². The van der Waals surface area contributed by atoms with Gasteiger partial charge in [0.05, 0.1) is 7.11 Å². The van der Waals surface area contributed by atoms with Gasteiger partial charge in [-0.1, -0.05) is 20.8 Å². The Hall–Kier alpha value is -1.62. The number of hydrogen-bond donors (Lipinski definition) is 0. The van der Waals surface area contributed by atoms with Crippen LogP contribution in [-0.2, 0) is 4.43 Å². The van der Waals surface area contributed by atoms with Crippen molar-refractivity contribution >= 4 is 8.32 Å². The molecular formula is C17H29NO3Si. The molecule has 0 atom stereocenters. The Bertz CT molecular complexity index is 502. The molecule has 0 radical (unpaired) electrons. The van der Waals surface area contributed by atoms with Gasteiger partial charge in [-0.05, 0) is 42.4 Å². The molecule has 0 saturated carbocycles. The molecule has 0 spiro atoms. The minimum atomic E-state index is -1.89. The molecular weight excluding hydrogens is 294 g/mol. The van der Waals surface area contributed by atoms with E-state index in [9.17, 15) is 0 Å². The number of benzene rings is 1. The van der Waals surface area contributed by atoms with Gasteiger partial charge in [0.1, 0.15) is 17.8 Å². The van der Waals surface area contributed by atoms with Gasteiger partial charge in [-0.3, -0.25) is 0 Å². The Morgan fingerprint density at radius 3 is 1.95 bits per heavy atom. The molecule has 124 valence electrons. The van der Waals surface area contributed by atoms with Crippen LogP contribution in [0.3, 0.4) is 0 Å². The standard InChI is InChI=1S/C17H29NO3Si/c1-17(2,3)22(7,8)21-16(18(4)5)13-20-15-11-9-14(19-6)10-12-15/h9-13H,1-8H3/b16-13+. The molecule has 1 aromatic rings. The van der Waals surface area contributed by atoms with E-state index in [2.05, 4.69) is 33.9 Å². The summed E-state index contributed by atoms with van der Waals surface area (Å²) in [7, 11) is 3.66. The third-order valence-corrected chi connectivity index (χ3v) is 8.29. The fourth-order valence-electron chi connectivity index (χ4n) is 1.41. The largest absolute Gasteiger partial charge is 0.530 e. The molecule has 0 amide bonds. The topological polar surface area (TPSA) is 30.9 Å². The van der Waals surface area contributed by atoms with E-state index in [1.165, 1.54) is 0 Å². The van der Waals surface area contributed by atoms with E-state index in [1.807, 2.05) is 43.3 Å². The molecule has 0 bridgehead atoms. The lowest BCUT2D eigenvalue weighted by Gasteiger charge is -2.38. The van der Waals surface area contributed by atoms with Crippen LogP contribution in [0.5, 0.6) is 11.5 Å². The van der Waals surface area contributed by atoms with Gasteiger partial charge < -0.3 is 18.8 Å². The van der Waals surface area contributed by atoms with Crippen molar-refractivity contribution in [3.63, 3.8) is 0 Å². The van der Waals surface area contributed by atoms with Gasteiger partial charge in [0.25, 0.3) is 8.32 Å². The highest BCUT2D eigenvalue weighted by atomic mass is 28.4. The summed E-state index contributed by atoms with van der Waals surface area (Å²) in [6.45, 7) is 11.1. The van der Waals surface area contributed by atoms with E-state index >= 15 is 0 Å². The van der Waals surface area contributed by atoms with Crippen LogP contribution in [0.25, 0.3) is 0 Å². The first-order valence-corrected chi connectivity index (χ1v) is 10.3. The molecule has 0 fully saturated rings. The van der Waals surface area contributed by atoms with E-state index in [0.717, 1.165) is 17.4 Å². The van der Waals surface area contributed by atoms with Crippen molar-refractivity contribution in [2.75, 3.05) is 21.2 Å². The van der Waals surface area contributed by atoms with E-state index in [0.29, 0.717) is 0 Å². The Morgan fingerprint density at radius 1 is 1.05 bits per heavy atom. The first kappa shape index (κ1) is 18.4. The van der Waals surface area contributed by atoms with Crippen LogP contribution in [0.2, 0.25) is 18.1 Å². The van der Waals surface area contributed by atoms with Gasteiger partial charge in [0.15, 0.2) is 0 Å². The zero-order chi connectivity index (χ0) is 17.0. The predicted octanol–water partition coefficient (Wildman–Crippen LogP) is 4.46. The molecule has 0 unspecified atom stereocenters. The first-order chi connectivity index (χ1) is 10.1. The maximum Gasteiger partial charge on any atom is 0.252 e. The zero-order valence-electron chi connectivity index (χ0n) is 15.1. The van der Waals surface area contributed by atoms with E-state index in [-0.39, 0.29) is 5.04 Å². The fraction of sp³-hybridized carbons (Fsp3) is 0.529. The van der Waals surface area contributed by atoms with Gasteiger partial charge >= 0.3 is 0 Å². The molecule has 1 aromatic carbocycles. The number of ether oxygens (including phenoxy) is 2. The molecule has 1 rings (SSSR count). The molecule has 0 saturated heterocycles. The van der Waals surface area contributed by atoms with E-state index in [4.69, 9.17) is 13.9 Å². The van der Waals surface area contributed by atoms with E-state index < -0.39 is 8.32 Å². The van der Waals surface area contributed by atoms with E-state index in [1.54, 1.807) is 13.4 Å². The van der Waals surface area contributed by atoms with Crippen LogP contribution in [-0.4, -0.2) is 34.4 Å². The number of rotatable bonds is 6. The van der Waals surface area contributed by atoms with Crippen molar-refractivity contribution in [3.8, 4) is 11.5 Å². The lowest BCUT2D eigenvalue weighted by Crippen LogP contribution is -2.42. The summed E-state index contributed by atoms with van der Waals surface area (Å²) in [5.41, 5.74) is 0. The van der Waals surface area contributed by atoms with Crippen molar-refractivity contribution < 1.29 is 13.9 Å². The van der Waals surface area contributed by atoms with Gasteiger partial charge in [-0.15, -0.1) is 0 Å². The SMILES string of the molecule is COc1ccc(O/C=C(/O[Si](C)(C)C(C)(C)C)N(C)C)cc1. The fourth-order valence-corrected chi connectivity index (χ4v) is 2.47. The number of methoxy groups -OCH3 is 1. The first-order valence-electron chi connectivity index (χ1n) is 7.44. The summed E-state index contributed by atoms with van der Waals surface area (Å²) >= 11 is 0. The van der Waals surface area contributed by atoms with Crippen LogP contribution >= 0.6 is 0 Å². The minimum Gasteiger partial charge on any atom is -0.530 e. The summed E-state index contributed by atoms with van der Waals surface area (Å²) in [4.78, 5) is 1.93. The van der Waals surface area contributed by atoms with Crippen molar-refractivity contribution in [2.24, 2.45) is 0 Å². The van der Waals surface area contributed by atoms with Crippen LogP contribution in [0.15, 0.2) is 36.4 Å². The lowest BCUT2D eigenvalue weighted by molar-refractivity contribution is 0.243. The molecule has 0 heterocycles. The molecule has 22 heavy (non-hydrogen) atoms. The predicted molar refractivity (Wildman–Crippen MR) is 93.7 cm³/mol. The Balaban J connectivity index is 2.86. The second kappa shape index (κ2) is 7.09. The molecule has 0 aliphatic heterocycles. The normalized spacial score (nSPS) is 12.8. The molecule has 0 aromatic heterocycles. The van der Waals surface area contributed by atoms with Crippen molar-refractivity contribution in [1.29, 1.82) is 0 Å². The zero-order valence-corrected chi connectivity index (χ0v) is 16.1. The summed E-state index contributed by atoms with van der Waals surface area (Å²) in [6, 6.07) is 7.48. The minimum absolute atomic E-state index is 0.141. The summed E-state index contributed by atoms with van der Waals surface area (Å²) in [5.74, 6) is 2.29. The van der Waals surface area contributed by atoms with Gasteiger partial charge in [-0.2, -0.15) is 0 Å². The quantitative estimate of drug-likeness (QED) is 0.571. The smallest absolute Gasteiger partial charge is 0.252 e. The summed E-state index contributed by atoms with van der Waals surface area (Å²) in [5, 5.41) is 0.141. The van der Waals surface area contributed by atoms with Gasteiger partial charge in [-0.25, -0.2) is 0 Å². The van der Waals surface area contributed by atoms with Crippen LogP contribution < -0.4 is 9.47 Å². The second-order valence-corrected chi connectivity index (χ2v) is 11.7. The van der Waals surface area contributed by atoms with Gasteiger partial charge in [0.2, 0.25) is 5.88 Å². The highest BCUT2D eigenvalue weighted by molar-refractivity contribution is 6.74. The summed E-state index contributed by atoms with van der Waals surface area (Å²) in [6.07, 6.45) is 1.67. The van der Waals surface area contributed by atoms with Gasteiger partial charge in [0, 0.05) is 14.1 Å². The van der Waals surface area contributed by atoms with Crippen molar-refractivity contribution in [2.45, 2.75) is 38.9 Å². The average molecular weight is 324 g/mol. The maximum atomic E-state index is 6.31.